The zero-order valence-electron chi connectivity index (χ0n) is 13.6. The van der Waals surface area contributed by atoms with Crippen LogP contribution in [-0.2, 0) is 30.9 Å². The molecular weight excluding hydrogens is 321 g/mol. The Kier molecular flexibility index (Phi) is 4.91. The second-order valence-electron chi connectivity index (χ2n) is 5.79. The highest BCUT2D eigenvalue weighted by atomic mass is 19.4. The molecule has 0 N–H and O–H groups in total. The summed E-state index contributed by atoms with van der Waals surface area (Å²) in [5.74, 6) is -0.266. The van der Waals surface area contributed by atoms with Crippen LogP contribution >= 0.6 is 0 Å². The molecule has 0 unspecified atom stereocenters. The normalized spacial score (nSPS) is 11.6. The average molecular weight is 338 g/mol. The highest BCUT2D eigenvalue weighted by Gasteiger charge is 2.32. The van der Waals surface area contributed by atoms with Crippen molar-refractivity contribution in [3.8, 4) is 0 Å². The third-order valence-electron chi connectivity index (χ3n) is 3.68. The molecule has 1 aromatic heterocycles. The standard InChI is InChI=1S/C17H17F3N2O2/c1-10-4-5-12(8-15(10)17(18,19)20)7-14(23)9-13-6-11(2)16(24)22(3)21-13/h4-6,8H,7,9H2,1-3H3. The van der Waals surface area contributed by atoms with Gasteiger partial charge in [-0.3, -0.25) is 9.59 Å². The molecular formula is C17H17F3N2O2. The van der Waals surface area contributed by atoms with Gasteiger partial charge >= 0.3 is 6.18 Å². The number of ketones is 1. The molecule has 1 heterocycles. The topological polar surface area (TPSA) is 52.0 Å². The summed E-state index contributed by atoms with van der Waals surface area (Å²) in [5.41, 5.74) is 0.324. The van der Waals surface area contributed by atoms with E-state index in [4.69, 9.17) is 0 Å². The molecule has 2 aromatic rings. The monoisotopic (exact) mass is 338 g/mol. The van der Waals surface area contributed by atoms with E-state index in [1.807, 2.05) is 0 Å². The molecule has 0 aliphatic heterocycles. The quantitative estimate of drug-likeness (QED) is 0.861. The van der Waals surface area contributed by atoms with Gasteiger partial charge < -0.3 is 0 Å². The maximum atomic E-state index is 12.9. The number of benzene rings is 1. The van der Waals surface area contributed by atoms with Gasteiger partial charge in [-0.05, 0) is 37.1 Å². The van der Waals surface area contributed by atoms with Crippen molar-refractivity contribution >= 4 is 5.78 Å². The summed E-state index contributed by atoms with van der Waals surface area (Å²) >= 11 is 0. The van der Waals surface area contributed by atoms with E-state index in [2.05, 4.69) is 5.10 Å². The maximum Gasteiger partial charge on any atom is 0.416 e. The van der Waals surface area contributed by atoms with Crippen molar-refractivity contribution in [2.75, 3.05) is 0 Å². The van der Waals surface area contributed by atoms with Crippen LogP contribution in [0, 0.1) is 13.8 Å². The molecule has 0 aliphatic rings. The fraction of sp³-hybridized carbons (Fsp3) is 0.353. The Hall–Kier alpha value is -2.44. The summed E-state index contributed by atoms with van der Waals surface area (Å²) in [6, 6.07) is 5.41. The zero-order valence-corrected chi connectivity index (χ0v) is 13.6. The summed E-state index contributed by atoms with van der Waals surface area (Å²) in [4.78, 5) is 23.7. The van der Waals surface area contributed by atoms with E-state index < -0.39 is 11.7 Å². The number of alkyl halides is 3. The van der Waals surface area contributed by atoms with Crippen LogP contribution in [0.15, 0.2) is 29.1 Å². The van der Waals surface area contributed by atoms with E-state index in [0.29, 0.717) is 16.8 Å². The van der Waals surface area contributed by atoms with E-state index in [9.17, 15) is 22.8 Å². The van der Waals surface area contributed by atoms with E-state index in [0.717, 1.165) is 10.7 Å². The summed E-state index contributed by atoms with van der Waals surface area (Å²) in [6.07, 6.45) is -4.60. The number of halogens is 3. The molecule has 4 nitrogen and oxygen atoms in total. The number of hydrogen-bond donors (Lipinski definition) is 0. The lowest BCUT2D eigenvalue weighted by Gasteiger charge is -2.12. The number of aryl methyl sites for hydroxylation is 3. The highest BCUT2D eigenvalue weighted by Crippen LogP contribution is 2.32. The molecule has 0 aliphatic carbocycles. The number of carbonyl (C=O) groups is 1. The molecule has 7 heteroatoms. The number of Topliss-reactive ketones (excluding diaryl/α,β-unsaturated/α-hetero) is 1. The molecule has 0 bridgehead atoms. The predicted octanol–water partition coefficient (Wildman–Crippen LogP) is 2.77. The number of nitrogens with zero attached hydrogens (tertiary/aromatic N) is 2. The lowest BCUT2D eigenvalue weighted by molar-refractivity contribution is -0.138. The summed E-state index contributed by atoms with van der Waals surface area (Å²) in [7, 11) is 1.49. The van der Waals surface area contributed by atoms with E-state index >= 15 is 0 Å². The highest BCUT2D eigenvalue weighted by molar-refractivity contribution is 5.82. The van der Waals surface area contributed by atoms with Gasteiger partial charge in [0.2, 0.25) is 0 Å². The average Bonchev–Trinajstić information content (AvgIpc) is 2.45. The SMILES string of the molecule is Cc1ccc(CC(=O)Cc2cc(C)c(=O)n(C)n2)cc1C(F)(F)F. The molecule has 0 saturated heterocycles. The number of aromatic nitrogens is 2. The predicted molar refractivity (Wildman–Crippen MR) is 82.8 cm³/mol. The molecule has 0 fully saturated rings. The summed E-state index contributed by atoms with van der Waals surface area (Å²) < 4.78 is 39.9. The lowest BCUT2D eigenvalue weighted by Crippen LogP contribution is -2.24. The zero-order chi connectivity index (χ0) is 18.1. The second kappa shape index (κ2) is 6.59. The first-order valence-electron chi connectivity index (χ1n) is 7.30. The Balaban J connectivity index is 2.17. The Morgan fingerprint density at radius 1 is 1.12 bits per heavy atom. The first-order valence-corrected chi connectivity index (χ1v) is 7.30. The summed E-state index contributed by atoms with van der Waals surface area (Å²) in [6.45, 7) is 3.00. The third kappa shape index (κ3) is 4.10. The first-order chi connectivity index (χ1) is 11.1. The van der Waals surface area contributed by atoms with Crippen molar-refractivity contribution in [1.82, 2.24) is 9.78 Å². The van der Waals surface area contributed by atoms with Gasteiger partial charge in [-0.15, -0.1) is 0 Å². The van der Waals surface area contributed by atoms with Crippen LogP contribution in [-0.4, -0.2) is 15.6 Å². The third-order valence-corrected chi connectivity index (χ3v) is 3.68. The van der Waals surface area contributed by atoms with Gasteiger partial charge in [0.1, 0.15) is 5.78 Å². The molecule has 0 amide bonds. The maximum absolute atomic E-state index is 12.9. The number of rotatable bonds is 4. The molecule has 0 saturated carbocycles. The minimum atomic E-state index is -4.44. The molecule has 0 spiro atoms. The van der Waals surface area contributed by atoms with Crippen LogP contribution in [0.25, 0.3) is 0 Å². The molecule has 128 valence electrons. The van der Waals surface area contributed by atoms with Gasteiger partial charge in [-0.1, -0.05) is 12.1 Å². The minimum absolute atomic E-state index is 0.0375. The number of carbonyl (C=O) groups excluding carboxylic acids is 1. The van der Waals surface area contributed by atoms with E-state index in [1.54, 1.807) is 6.92 Å². The largest absolute Gasteiger partial charge is 0.416 e. The van der Waals surface area contributed by atoms with E-state index in [-0.39, 0.29) is 29.7 Å². The van der Waals surface area contributed by atoms with Gasteiger partial charge in [0.25, 0.3) is 5.56 Å². The van der Waals surface area contributed by atoms with Crippen LogP contribution in [0.2, 0.25) is 0 Å². The van der Waals surface area contributed by atoms with Crippen LogP contribution in [0.1, 0.15) is 27.9 Å². The van der Waals surface area contributed by atoms with E-state index in [1.165, 1.54) is 32.2 Å². The Morgan fingerprint density at radius 2 is 1.79 bits per heavy atom. The van der Waals surface area contributed by atoms with Crippen LogP contribution < -0.4 is 5.56 Å². The molecule has 2 rings (SSSR count). The minimum Gasteiger partial charge on any atom is -0.299 e. The molecule has 0 atom stereocenters. The first kappa shape index (κ1) is 17.9. The van der Waals surface area contributed by atoms with Crippen molar-refractivity contribution in [2.24, 2.45) is 7.05 Å². The van der Waals surface area contributed by atoms with Crippen LogP contribution in [0.5, 0.6) is 0 Å². The van der Waals surface area contributed by atoms with Crippen molar-refractivity contribution < 1.29 is 18.0 Å². The fourth-order valence-corrected chi connectivity index (χ4v) is 2.50. The van der Waals surface area contributed by atoms with Gasteiger partial charge in [0.05, 0.1) is 17.7 Å². The number of hydrogen-bond acceptors (Lipinski definition) is 3. The van der Waals surface area contributed by atoms with Crippen LogP contribution in [0.3, 0.4) is 0 Å². The van der Waals surface area contributed by atoms with Gasteiger partial charge in [-0.25, -0.2) is 4.68 Å². The van der Waals surface area contributed by atoms with Crippen molar-refractivity contribution in [1.29, 1.82) is 0 Å². The Labute approximate surface area is 136 Å². The Bertz CT molecular complexity index is 812. The van der Waals surface area contributed by atoms with Gasteiger partial charge in [0.15, 0.2) is 0 Å². The van der Waals surface area contributed by atoms with Gasteiger partial charge in [0, 0.05) is 19.0 Å². The van der Waals surface area contributed by atoms with Gasteiger partial charge in [-0.2, -0.15) is 18.3 Å². The smallest absolute Gasteiger partial charge is 0.299 e. The second-order valence-corrected chi connectivity index (χ2v) is 5.79. The van der Waals surface area contributed by atoms with Crippen molar-refractivity contribution in [3.05, 3.63) is 62.6 Å². The van der Waals surface area contributed by atoms with Crippen molar-refractivity contribution in [3.63, 3.8) is 0 Å². The van der Waals surface area contributed by atoms with Crippen molar-refractivity contribution in [2.45, 2.75) is 32.9 Å². The lowest BCUT2D eigenvalue weighted by atomic mass is 10.00. The van der Waals surface area contributed by atoms with Crippen LogP contribution in [0.4, 0.5) is 13.2 Å². The summed E-state index contributed by atoms with van der Waals surface area (Å²) in [5, 5.41) is 3.99. The fourth-order valence-electron chi connectivity index (χ4n) is 2.50. The molecule has 1 aromatic carbocycles. The Morgan fingerprint density at radius 3 is 2.38 bits per heavy atom. The molecule has 0 radical (unpaired) electrons. The molecule has 24 heavy (non-hydrogen) atoms.